The lowest BCUT2D eigenvalue weighted by Crippen LogP contribution is -1.93. The Bertz CT molecular complexity index is 720. The molecule has 3 aromatic rings. The topological polar surface area (TPSA) is 48.7 Å². The Kier molecular flexibility index (Phi) is 3.25. The molecule has 5 nitrogen and oxygen atoms in total. The number of nitrogens with zero attached hydrogens (tertiary/aromatic N) is 3. The van der Waals surface area contributed by atoms with Gasteiger partial charge in [0, 0.05) is 6.42 Å². The summed E-state index contributed by atoms with van der Waals surface area (Å²) in [5.41, 5.74) is 1.96. The lowest BCUT2D eigenvalue weighted by atomic mass is 10.1. The highest BCUT2D eigenvalue weighted by Gasteiger charge is 2.06. The summed E-state index contributed by atoms with van der Waals surface area (Å²) in [7, 11) is 3.29. The first-order chi connectivity index (χ1) is 9.78. The number of pyridine rings is 1. The summed E-state index contributed by atoms with van der Waals surface area (Å²) in [6.45, 7) is 0. The van der Waals surface area contributed by atoms with E-state index in [1.165, 1.54) is 0 Å². The smallest absolute Gasteiger partial charge is 0.156 e. The summed E-state index contributed by atoms with van der Waals surface area (Å²) in [5, 5.41) is 4.45. The molecule has 0 spiro atoms. The van der Waals surface area contributed by atoms with Crippen molar-refractivity contribution in [3.8, 4) is 11.5 Å². The van der Waals surface area contributed by atoms with Crippen LogP contribution in [0.3, 0.4) is 0 Å². The number of methoxy groups -OCH3 is 2. The van der Waals surface area contributed by atoms with E-state index in [1.54, 1.807) is 18.7 Å². The van der Waals surface area contributed by atoms with Crippen molar-refractivity contribution in [1.82, 2.24) is 14.6 Å². The molecule has 0 saturated carbocycles. The number of fused-ring (bicyclic) bond motifs is 1. The largest absolute Gasteiger partial charge is 0.497 e. The molecular formula is C15H15N3O2. The van der Waals surface area contributed by atoms with Crippen LogP contribution in [0.4, 0.5) is 0 Å². The Labute approximate surface area is 116 Å². The Morgan fingerprint density at radius 2 is 1.65 bits per heavy atom. The molecule has 0 atom stereocenters. The van der Waals surface area contributed by atoms with Crippen molar-refractivity contribution in [2.75, 3.05) is 14.2 Å². The van der Waals surface area contributed by atoms with Crippen molar-refractivity contribution in [2.24, 2.45) is 0 Å². The standard InChI is InChI=1S/C15H15N3O2/c1-19-12-5-3-11(4-6-12)9-14-16-15-8-7-13(20-2)10-18(15)17-14/h3-8,10H,9H2,1-2H3. The normalized spacial score (nSPS) is 10.7. The van der Waals surface area contributed by atoms with Gasteiger partial charge in [-0.3, -0.25) is 0 Å². The summed E-state index contributed by atoms with van der Waals surface area (Å²) in [6, 6.07) is 11.7. The van der Waals surface area contributed by atoms with Crippen LogP contribution in [0.2, 0.25) is 0 Å². The molecule has 0 saturated heterocycles. The van der Waals surface area contributed by atoms with Crippen LogP contribution in [-0.4, -0.2) is 28.8 Å². The van der Waals surface area contributed by atoms with Gasteiger partial charge in [0.15, 0.2) is 11.5 Å². The quantitative estimate of drug-likeness (QED) is 0.729. The predicted octanol–water partition coefficient (Wildman–Crippen LogP) is 2.34. The summed E-state index contributed by atoms with van der Waals surface area (Å²) >= 11 is 0. The number of rotatable bonds is 4. The van der Waals surface area contributed by atoms with Gasteiger partial charge in [0.1, 0.15) is 11.5 Å². The van der Waals surface area contributed by atoms with Crippen LogP contribution in [-0.2, 0) is 6.42 Å². The number of hydrogen-bond acceptors (Lipinski definition) is 4. The van der Waals surface area contributed by atoms with Crippen molar-refractivity contribution in [1.29, 1.82) is 0 Å². The second-order valence-corrected chi connectivity index (χ2v) is 4.42. The molecule has 0 radical (unpaired) electrons. The molecule has 0 aliphatic carbocycles. The maximum Gasteiger partial charge on any atom is 0.156 e. The molecule has 0 N–H and O–H groups in total. The second-order valence-electron chi connectivity index (χ2n) is 4.42. The number of aromatic nitrogens is 3. The number of hydrogen-bond donors (Lipinski definition) is 0. The molecule has 0 unspecified atom stereocenters. The molecule has 2 aromatic heterocycles. The average molecular weight is 269 g/mol. The summed E-state index contributed by atoms with van der Waals surface area (Å²) in [4.78, 5) is 4.49. The third-order valence-corrected chi connectivity index (χ3v) is 3.10. The Hall–Kier alpha value is -2.56. The van der Waals surface area contributed by atoms with E-state index in [4.69, 9.17) is 9.47 Å². The van der Waals surface area contributed by atoms with Gasteiger partial charge < -0.3 is 9.47 Å². The van der Waals surface area contributed by atoms with E-state index in [2.05, 4.69) is 10.1 Å². The van der Waals surface area contributed by atoms with E-state index < -0.39 is 0 Å². The van der Waals surface area contributed by atoms with Crippen LogP contribution in [0.1, 0.15) is 11.4 Å². The maximum absolute atomic E-state index is 5.17. The molecule has 0 bridgehead atoms. The van der Waals surface area contributed by atoms with Gasteiger partial charge in [-0.1, -0.05) is 12.1 Å². The summed E-state index contributed by atoms with van der Waals surface area (Å²) in [5.74, 6) is 2.39. The van der Waals surface area contributed by atoms with Crippen LogP contribution in [0, 0.1) is 0 Å². The van der Waals surface area contributed by atoms with Crippen LogP contribution in [0.5, 0.6) is 11.5 Å². The zero-order valence-corrected chi connectivity index (χ0v) is 11.4. The fourth-order valence-corrected chi connectivity index (χ4v) is 2.03. The fourth-order valence-electron chi connectivity index (χ4n) is 2.03. The lowest BCUT2D eigenvalue weighted by Gasteiger charge is -2.00. The Morgan fingerprint density at radius 3 is 2.35 bits per heavy atom. The molecule has 102 valence electrons. The molecule has 0 aliphatic rings. The van der Waals surface area contributed by atoms with Gasteiger partial charge in [-0.25, -0.2) is 9.50 Å². The van der Waals surface area contributed by atoms with Gasteiger partial charge in [-0.15, -0.1) is 0 Å². The Balaban J connectivity index is 1.86. The van der Waals surface area contributed by atoms with Crippen molar-refractivity contribution >= 4 is 5.65 Å². The molecule has 1 aromatic carbocycles. The van der Waals surface area contributed by atoms with Crippen LogP contribution in [0.15, 0.2) is 42.6 Å². The minimum absolute atomic E-state index is 0.688. The molecule has 2 heterocycles. The lowest BCUT2D eigenvalue weighted by molar-refractivity contribution is 0.411. The van der Waals surface area contributed by atoms with Gasteiger partial charge >= 0.3 is 0 Å². The zero-order chi connectivity index (χ0) is 13.9. The van der Waals surface area contributed by atoms with E-state index in [1.807, 2.05) is 42.6 Å². The zero-order valence-electron chi connectivity index (χ0n) is 11.4. The molecule has 0 aliphatic heterocycles. The summed E-state index contributed by atoms with van der Waals surface area (Å²) < 4.78 is 12.1. The van der Waals surface area contributed by atoms with Crippen LogP contribution >= 0.6 is 0 Å². The Morgan fingerprint density at radius 1 is 0.950 bits per heavy atom. The first kappa shape index (κ1) is 12.5. The van der Waals surface area contributed by atoms with E-state index in [-0.39, 0.29) is 0 Å². The maximum atomic E-state index is 5.17. The molecule has 3 rings (SSSR count). The number of benzene rings is 1. The highest BCUT2D eigenvalue weighted by molar-refractivity contribution is 5.41. The first-order valence-electron chi connectivity index (χ1n) is 6.31. The summed E-state index contributed by atoms with van der Waals surface area (Å²) in [6.07, 6.45) is 2.51. The minimum Gasteiger partial charge on any atom is -0.497 e. The van der Waals surface area contributed by atoms with Gasteiger partial charge in [0.2, 0.25) is 0 Å². The predicted molar refractivity (Wildman–Crippen MR) is 75.3 cm³/mol. The van der Waals surface area contributed by atoms with Crippen molar-refractivity contribution < 1.29 is 9.47 Å². The molecular weight excluding hydrogens is 254 g/mol. The van der Waals surface area contributed by atoms with Crippen molar-refractivity contribution in [3.05, 3.63) is 54.0 Å². The van der Waals surface area contributed by atoms with Gasteiger partial charge in [-0.05, 0) is 29.8 Å². The van der Waals surface area contributed by atoms with Gasteiger partial charge in [-0.2, -0.15) is 5.10 Å². The SMILES string of the molecule is COc1ccc(Cc2nc3ccc(OC)cn3n2)cc1. The molecule has 20 heavy (non-hydrogen) atoms. The fraction of sp³-hybridized carbons (Fsp3) is 0.200. The van der Waals surface area contributed by atoms with Gasteiger partial charge in [0.05, 0.1) is 20.4 Å². The average Bonchev–Trinajstić information content (AvgIpc) is 2.89. The van der Waals surface area contributed by atoms with E-state index in [9.17, 15) is 0 Å². The van der Waals surface area contributed by atoms with Crippen molar-refractivity contribution in [3.63, 3.8) is 0 Å². The highest BCUT2D eigenvalue weighted by Crippen LogP contribution is 2.15. The third-order valence-electron chi connectivity index (χ3n) is 3.10. The molecule has 5 heteroatoms. The third kappa shape index (κ3) is 2.42. The van der Waals surface area contributed by atoms with E-state index >= 15 is 0 Å². The van der Waals surface area contributed by atoms with Crippen molar-refractivity contribution in [2.45, 2.75) is 6.42 Å². The molecule has 0 amide bonds. The van der Waals surface area contributed by atoms with Crippen LogP contribution in [0.25, 0.3) is 5.65 Å². The van der Waals surface area contributed by atoms with E-state index in [0.29, 0.717) is 6.42 Å². The number of ether oxygens (including phenoxy) is 2. The monoisotopic (exact) mass is 269 g/mol. The molecule has 0 fully saturated rings. The minimum atomic E-state index is 0.688. The first-order valence-corrected chi connectivity index (χ1v) is 6.31. The van der Waals surface area contributed by atoms with Gasteiger partial charge in [0.25, 0.3) is 0 Å². The van der Waals surface area contributed by atoms with Crippen LogP contribution < -0.4 is 9.47 Å². The second kappa shape index (κ2) is 5.21. The van der Waals surface area contributed by atoms with E-state index in [0.717, 1.165) is 28.5 Å². The highest BCUT2D eigenvalue weighted by atomic mass is 16.5.